The summed E-state index contributed by atoms with van der Waals surface area (Å²) in [5.74, 6) is 0.697. The number of benzene rings is 3. The molecule has 1 unspecified atom stereocenters. The van der Waals surface area contributed by atoms with E-state index in [4.69, 9.17) is 14.2 Å². The number of ether oxygens (including phenoxy) is 3. The molecule has 3 aromatic carbocycles. The number of allylic oxidation sites excluding steroid dienone is 2. The van der Waals surface area contributed by atoms with Crippen LogP contribution in [0.4, 0.5) is 5.69 Å². The molecule has 8 heteroatoms. The van der Waals surface area contributed by atoms with Gasteiger partial charge in [0.1, 0.15) is 5.75 Å². The van der Waals surface area contributed by atoms with Gasteiger partial charge < -0.3 is 24.2 Å². The number of nitrogens with zero attached hydrogens (tertiary/aromatic N) is 3. The molecule has 1 aliphatic rings. The van der Waals surface area contributed by atoms with Gasteiger partial charge in [0.25, 0.3) is 0 Å². The summed E-state index contributed by atoms with van der Waals surface area (Å²) in [6.07, 6.45) is 4.03. The second-order valence-corrected chi connectivity index (χ2v) is 9.73. The maximum absolute atomic E-state index is 10.3. The molecule has 0 amide bonds. The van der Waals surface area contributed by atoms with Crippen molar-refractivity contribution < 1.29 is 36.1 Å². The van der Waals surface area contributed by atoms with Crippen LogP contribution in [-0.2, 0) is 38.1 Å². The van der Waals surface area contributed by atoms with Gasteiger partial charge in [0.2, 0.25) is 5.90 Å². The van der Waals surface area contributed by atoms with Crippen molar-refractivity contribution in [1.82, 2.24) is 0 Å². The number of fused-ring (bicyclic) bond motifs is 1. The van der Waals surface area contributed by atoms with E-state index in [0.717, 1.165) is 35.7 Å². The Morgan fingerprint density at radius 1 is 0.976 bits per heavy atom. The van der Waals surface area contributed by atoms with E-state index in [-0.39, 0.29) is 34.4 Å². The maximum atomic E-state index is 10.3. The van der Waals surface area contributed by atoms with Gasteiger partial charge in [0.15, 0.2) is 6.29 Å². The van der Waals surface area contributed by atoms with E-state index in [1.807, 2.05) is 44.2 Å². The van der Waals surface area contributed by atoms with Crippen LogP contribution in [0.3, 0.4) is 0 Å². The molecule has 7 nitrogen and oxygen atoms in total. The molecule has 0 fully saturated rings. The molecule has 1 atom stereocenters. The van der Waals surface area contributed by atoms with E-state index in [9.17, 15) is 5.11 Å². The van der Waals surface area contributed by atoms with Crippen LogP contribution in [0, 0.1) is 0 Å². The Balaban J connectivity index is 0.00000462. The van der Waals surface area contributed by atoms with Crippen LogP contribution in [0.1, 0.15) is 56.2 Å². The van der Waals surface area contributed by atoms with Gasteiger partial charge in [-0.25, -0.2) is 0 Å². The number of aliphatic hydroxyl groups is 1. The van der Waals surface area contributed by atoms with Crippen LogP contribution in [-0.4, -0.2) is 44.1 Å². The molecule has 41 heavy (non-hydrogen) atoms. The van der Waals surface area contributed by atoms with Gasteiger partial charge in [0, 0.05) is 64.5 Å². The van der Waals surface area contributed by atoms with Crippen molar-refractivity contribution in [3.63, 3.8) is 0 Å². The Morgan fingerprint density at radius 3 is 2.27 bits per heavy atom. The first-order valence-electron chi connectivity index (χ1n) is 13.8. The third-order valence-corrected chi connectivity index (χ3v) is 7.19. The standard InChI is InChI=1S/C33H39N3O4.Co/c1-6-36-29-19-18-27(38-5)22-28(29)33(4,23-24-14-16-26(17-15-24)32(39-7-2)40-8-3)30(36)20-21-34-35-31(37)25-12-10-9-11-13-25;/h9-22,32H,6-8,23H2,1-5H3,(H,35,37);/b30-20-,34-21+;. The number of methoxy groups -OCH3 is 1. The minimum Gasteiger partial charge on any atom is -0.497 e. The SMILES string of the molecule is CCOC(OCC)c1ccc(CC2(C)/C(=C/C=N/N=C(\O)c3ccccc3)N(CC)c3ccc(OC)cc32)cc1.[Co]. The molecule has 3 aromatic rings. The molecule has 1 radical (unpaired) electrons. The average molecular weight is 601 g/mol. The number of hydrogen-bond donors (Lipinski definition) is 1. The van der Waals surface area contributed by atoms with E-state index in [1.165, 1.54) is 11.1 Å². The minimum absolute atomic E-state index is 0. The minimum atomic E-state index is -0.369. The third-order valence-electron chi connectivity index (χ3n) is 7.19. The number of rotatable bonds is 12. The number of hydrogen-bond acceptors (Lipinski definition) is 6. The zero-order chi connectivity index (χ0) is 28.5. The molecule has 0 bridgehead atoms. The van der Waals surface area contributed by atoms with Gasteiger partial charge in [-0.15, -0.1) is 5.10 Å². The summed E-state index contributed by atoms with van der Waals surface area (Å²) < 4.78 is 17.2. The zero-order valence-electron chi connectivity index (χ0n) is 24.3. The Kier molecular flexibility index (Phi) is 11.7. The quantitative estimate of drug-likeness (QED) is 0.105. The van der Waals surface area contributed by atoms with Gasteiger partial charge >= 0.3 is 0 Å². The van der Waals surface area contributed by atoms with E-state index in [1.54, 1.807) is 25.5 Å². The van der Waals surface area contributed by atoms with Crippen molar-refractivity contribution in [3.05, 3.63) is 107 Å². The fourth-order valence-corrected chi connectivity index (χ4v) is 5.27. The second-order valence-electron chi connectivity index (χ2n) is 9.73. The van der Waals surface area contributed by atoms with Gasteiger partial charge in [-0.1, -0.05) is 42.5 Å². The number of anilines is 1. The number of likely N-dealkylation sites (N-methyl/N-ethyl adjacent to an activating group) is 1. The van der Waals surface area contributed by atoms with Crippen molar-refractivity contribution in [3.8, 4) is 5.75 Å². The third kappa shape index (κ3) is 7.26. The van der Waals surface area contributed by atoms with Crippen molar-refractivity contribution >= 4 is 17.8 Å². The van der Waals surface area contributed by atoms with Gasteiger partial charge in [-0.3, -0.25) is 0 Å². The predicted octanol–water partition coefficient (Wildman–Crippen LogP) is 6.98. The molecule has 1 heterocycles. The first-order valence-corrected chi connectivity index (χ1v) is 13.8. The second kappa shape index (κ2) is 15.0. The molecule has 0 saturated heterocycles. The molecule has 0 aliphatic carbocycles. The van der Waals surface area contributed by atoms with Crippen LogP contribution in [0.15, 0.2) is 94.8 Å². The van der Waals surface area contributed by atoms with Crippen LogP contribution < -0.4 is 9.64 Å². The molecule has 0 saturated carbocycles. The van der Waals surface area contributed by atoms with Crippen LogP contribution in [0.5, 0.6) is 5.75 Å². The van der Waals surface area contributed by atoms with Crippen molar-refractivity contribution in [2.75, 3.05) is 31.8 Å². The topological polar surface area (TPSA) is 75.9 Å². The van der Waals surface area contributed by atoms with E-state index in [2.05, 4.69) is 65.3 Å². The molecule has 0 aromatic heterocycles. The van der Waals surface area contributed by atoms with E-state index < -0.39 is 0 Å². The van der Waals surface area contributed by atoms with E-state index in [0.29, 0.717) is 18.8 Å². The smallest absolute Gasteiger partial charge is 0.238 e. The van der Waals surface area contributed by atoms with Crippen molar-refractivity contribution in [2.45, 2.75) is 45.8 Å². The summed E-state index contributed by atoms with van der Waals surface area (Å²) in [4.78, 5) is 2.30. The summed E-state index contributed by atoms with van der Waals surface area (Å²) in [5, 5.41) is 18.5. The summed E-state index contributed by atoms with van der Waals surface area (Å²) in [6.45, 7) is 10.3. The Bertz CT molecular complexity index is 1350. The monoisotopic (exact) mass is 600 g/mol. The van der Waals surface area contributed by atoms with E-state index >= 15 is 0 Å². The summed E-state index contributed by atoms with van der Waals surface area (Å²) in [7, 11) is 1.69. The first-order chi connectivity index (χ1) is 19.4. The largest absolute Gasteiger partial charge is 0.497 e. The van der Waals surface area contributed by atoms with Crippen molar-refractivity contribution in [2.24, 2.45) is 10.2 Å². The normalized spacial score (nSPS) is 17.8. The fourth-order valence-electron chi connectivity index (χ4n) is 5.27. The molecular weight excluding hydrogens is 561 g/mol. The molecule has 219 valence electrons. The average Bonchev–Trinajstić information content (AvgIpc) is 3.21. The van der Waals surface area contributed by atoms with Crippen LogP contribution >= 0.6 is 0 Å². The summed E-state index contributed by atoms with van der Waals surface area (Å²) in [5.41, 5.74) is 5.87. The summed E-state index contributed by atoms with van der Waals surface area (Å²) >= 11 is 0. The van der Waals surface area contributed by atoms with Gasteiger partial charge in [-0.05, 0) is 81.7 Å². The van der Waals surface area contributed by atoms with Crippen LogP contribution in [0.2, 0.25) is 0 Å². The number of aliphatic hydroxyl groups excluding tert-OH is 1. The van der Waals surface area contributed by atoms with Crippen LogP contribution in [0.25, 0.3) is 0 Å². The fraction of sp³-hybridized carbons (Fsp3) is 0.333. The zero-order valence-corrected chi connectivity index (χ0v) is 25.4. The summed E-state index contributed by atoms with van der Waals surface area (Å²) in [6, 6.07) is 23.9. The molecule has 0 spiro atoms. The molecular formula is C33H39CoN3O4. The Morgan fingerprint density at radius 2 is 1.66 bits per heavy atom. The molecule has 4 rings (SSSR count). The Labute approximate surface area is 253 Å². The Hall–Kier alpha value is -3.43. The predicted molar refractivity (Wildman–Crippen MR) is 162 cm³/mol. The maximum Gasteiger partial charge on any atom is 0.238 e. The van der Waals surface area contributed by atoms with Crippen molar-refractivity contribution in [1.29, 1.82) is 0 Å². The molecule has 1 N–H and O–H groups in total. The van der Waals surface area contributed by atoms with Gasteiger partial charge in [0.05, 0.1) is 13.3 Å². The van der Waals surface area contributed by atoms with Gasteiger partial charge in [-0.2, -0.15) is 5.10 Å². The first kappa shape index (κ1) is 32.1. The molecule has 1 aliphatic heterocycles.